The van der Waals surface area contributed by atoms with Crippen molar-refractivity contribution in [1.82, 2.24) is 10.1 Å². The molecule has 96 valence electrons. The highest BCUT2D eigenvalue weighted by Gasteiger charge is 2.26. The Morgan fingerprint density at radius 1 is 1.33 bits per heavy atom. The fourth-order valence-electron chi connectivity index (χ4n) is 1.46. The van der Waals surface area contributed by atoms with Crippen LogP contribution in [0.15, 0.2) is 33.7 Å². The lowest BCUT2D eigenvalue weighted by Crippen LogP contribution is -2.32. The van der Waals surface area contributed by atoms with E-state index in [4.69, 9.17) is 10.3 Å². The van der Waals surface area contributed by atoms with E-state index in [9.17, 15) is 0 Å². The highest BCUT2D eigenvalue weighted by molar-refractivity contribution is 7.98. The van der Waals surface area contributed by atoms with Crippen LogP contribution in [0.2, 0.25) is 0 Å². The summed E-state index contributed by atoms with van der Waals surface area (Å²) in [5, 5.41) is 3.98. The van der Waals surface area contributed by atoms with Gasteiger partial charge >= 0.3 is 0 Å². The van der Waals surface area contributed by atoms with Gasteiger partial charge in [0.15, 0.2) is 0 Å². The molecule has 0 saturated carbocycles. The molecule has 0 aliphatic carbocycles. The Morgan fingerprint density at radius 3 is 2.56 bits per heavy atom. The smallest absolute Gasteiger partial charge is 0.246 e. The van der Waals surface area contributed by atoms with Crippen LogP contribution in [0.1, 0.15) is 26.2 Å². The molecule has 0 aliphatic rings. The largest absolute Gasteiger partial charge is 0.337 e. The molecule has 1 atom stereocenters. The third kappa shape index (κ3) is 2.57. The molecule has 0 bridgehead atoms. The van der Waals surface area contributed by atoms with Gasteiger partial charge in [-0.05, 0) is 43.9 Å². The second kappa shape index (κ2) is 5.12. The number of aromatic nitrogens is 2. The monoisotopic (exact) mass is 263 g/mol. The molecule has 0 saturated heterocycles. The van der Waals surface area contributed by atoms with Gasteiger partial charge in [0.2, 0.25) is 11.7 Å². The van der Waals surface area contributed by atoms with Crippen LogP contribution < -0.4 is 5.73 Å². The Labute approximate surface area is 111 Å². The maximum Gasteiger partial charge on any atom is 0.246 e. The highest BCUT2D eigenvalue weighted by atomic mass is 32.2. The summed E-state index contributed by atoms with van der Waals surface area (Å²) < 4.78 is 5.24. The van der Waals surface area contributed by atoms with E-state index in [1.165, 1.54) is 4.90 Å². The van der Waals surface area contributed by atoms with Crippen molar-refractivity contribution in [1.29, 1.82) is 0 Å². The summed E-state index contributed by atoms with van der Waals surface area (Å²) in [6, 6.07) is 8.05. The first kappa shape index (κ1) is 13.1. The lowest BCUT2D eigenvalue weighted by Gasteiger charge is -2.16. The molecule has 1 unspecified atom stereocenters. The zero-order chi connectivity index (χ0) is 13.2. The van der Waals surface area contributed by atoms with Gasteiger partial charge in [0.05, 0.1) is 5.54 Å². The second-order valence-electron chi connectivity index (χ2n) is 4.42. The average molecular weight is 263 g/mol. The van der Waals surface area contributed by atoms with E-state index >= 15 is 0 Å². The Morgan fingerprint density at radius 2 is 2.00 bits per heavy atom. The molecular weight excluding hydrogens is 246 g/mol. The summed E-state index contributed by atoms with van der Waals surface area (Å²) in [6.45, 7) is 3.89. The lowest BCUT2D eigenvalue weighted by atomic mass is 10.0. The van der Waals surface area contributed by atoms with Gasteiger partial charge in [-0.25, -0.2) is 0 Å². The topological polar surface area (TPSA) is 64.9 Å². The van der Waals surface area contributed by atoms with Gasteiger partial charge < -0.3 is 10.3 Å². The molecule has 1 heterocycles. The molecule has 2 rings (SSSR count). The van der Waals surface area contributed by atoms with Gasteiger partial charge in [-0.15, -0.1) is 11.8 Å². The van der Waals surface area contributed by atoms with Gasteiger partial charge in [-0.2, -0.15) is 4.98 Å². The summed E-state index contributed by atoms with van der Waals surface area (Å²) in [5.41, 5.74) is 6.45. The molecule has 0 amide bonds. The molecule has 2 aromatic rings. The number of hydrogen-bond donors (Lipinski definition) is 1. The van der Waals surface area contributed by atoms with E-state index in [1.54, 1.807) is 11.8 Å². The molecule has 1 aromatic carbocycles. The van der Waals surface area contributed by atoms with Crippen molar-refractivity contribution in [2.24, 2.45) is 5.73 Å². The average Bonchev–Trinajstić information content (AvgIpc) is 2.89. The molecule has 4 nitrogen and oxygen atoms in total. The van der Waals surface area contributed by atoms with E-state index in [0.29, 0.717) is 11.7 Å². The first-order valence-electron chi connectivity index (χ1n) is 5.84. The SMILES string of the molecule is CCC(C)(N)c1nc(-c2ccc(SC)cc2)no1. The summed E-state index contributed by atoms with van der Waals surface area (Å²) in [5.74, 6) is 1.07. The summed E-state index contributed by atoms with van der Waals surface area (Å²) in [4.78, 5) is 5.58. The van der Waals surface area contributed by atoms with E-state index in [0.717, 1.165) is 12.0 Å². The van der Waals surface area contributed by atoms with E-state index in [1.807, 2.05) is 44.4 Å². The minimum absolute atomic E-state index is 0.481. The quantitative estimate of drug-likeness (QED) is 0.859. The normalized spacial score (nSPS) is 14.4. The number of thioether (sulfide) groups is 1. The third-order valence-electron chi connectivity index (χ3n) is 3.00. The van der Waals surface area contributed by atoms with E-state index in [2.05, 4.69) is 10.1 Å². The van der Waals surface area contributed by atoms with Gasteiger partial charge in [-0.1, -0.05) is 12.1 Å². The minimum Gasteiger partial charge on any atom is -0.337 e. The Bertz CT molecular complexity index is 519. The predicted octanol–water partition coefficient (Wildman–Crippen LogP) is 3.04. The van der Waals surface area contributed by atoms with Crippen molar-refractivity contribution in [3.63, 3.8) is 0 Å². The van der Waals surface area contributed by atoms with Crippen molar-refractivity contribution < 1.29 is 4.52 Å². The first-order valence-corrected chi connectivity index (χ1v) is 7.07. The van der Waals surface area contributed by atoms with Crippen LogP contribution >= 0.6 is 11.8 Å². The molecule has 5 heteroatoms. The van der Waals surface area contributed by atoms with Gasteiger partial charge in [0.1, 0.15) is 0 Å². The van der Waals surface area contributed by atoms with Crippen LogP contribution in [0.5, 0.6) is 0 Å². The first-order chi connectivity index (χ1) is 8.56. The Kier molecular flexibility index (Phi) is 3.73. The van der Waals surface area contributed by atoms with Crippen LogP contribution in [0.25, 0.3) is 11.4 Å². The van der Waals surface area contributed by atoms with Crippen molar-refractivity contribution in [2.45, 2.75) is 30.7 Å². The number of nitrogens with two attached hydrogens (primary N) is 1. The van der Waals surface area contributed by atoms with E-state index < -0.39 is 5.54 Å². The number of nitrogens with zero attached hydrogens (tertiary/aromatic N) is 2. The molecule has 0 fully saturated rings. The summed E-state index contributed by atoms with van der Waals surface area (Å²) in [6.07, 6.45) is 2.79. The zero-order valence-corrected chi connectivity index (χ0v) is 11.6. The number of benzene rings is 1. The summed E-state index contributed by atoms with van der Waals surface area (Å²) in [7, 11) is 0. The highest BCUT2D eigenvalue weighted by Crippen LogP contribution is 2.24. The molecule has 1 aromatic heterocycles. The Hall–Kier alpha value is -1.33. The fraction of sp³-hybridized carbons (Fsp3) is 0.385. The molecule has 0 radical (unpaired) electrons. The molecular formula is C13H17N3OS. The van der Waals surface area contributed by atoms with Gasteiger partial charge in [0.25, 0.3) is 0 Å². The van der Waals surface area contributed by atoms with Crippen molar-refractivity contribution in [3.8, 4) is 11.4 Å². The molecule has 0 spiro atoms. The van der Waals surface area contributed by atoms with Crippen molar-refractivity contribution >= 4 is 11.8 Å². The molecule has 2 N–H and O–H groups in total. The van der Waals surface area contributed by atoms with Crippen LogP contribution in [-0.2, 0) is 5.54 Å². The maximum absolute atomic E-state index is 6.07. The van der Waals surface area contributed by atoms with Crippen LogP contribution in [0, 0.1) is 0 Å². The number of rotatable bonds is 4. The summed E-state index contributed by atoms with van der Waals surface area (Å²) >= 11 is 1.70. The Balaban J connectivity index is 2.29. The van der Waals surface area contributed by atoms with Crippen LogP contribution in [-0.4, -0.2) is 16.4 Å². The van der Waals surface area contributed by atoms with Gasteiger partial charge in [-0.3, -0.25) is 0 Å². The zero-order valence-electron chi connectivity index (χ0n) is 10.8. The molecule has 0 aliphatic heterocycles. The van der Waals surface area contributed by atoms with Crippen molar-refractivity contribution in [2.75, 3.05) is 6.26 Å². The minimum atomic E-state index is -0.565. The standard InChI is InChI=1S/C13H17N3OS/c1-4-13(2,14)12-15-11(16-17-12)9-5-7-10(18-3)8-6-9/h5-8H,4,14H2,1-3H3. The maximum atomic E-state index is 6.07. The predicted molar refractivity (Wildman–Crippen MR) is 73.3 cm³/mol. The van der Waals surface area contributed by atoms with Gasteiger partial charge in [0, 0.05) is 10.5 Å². The lowest BCUT2D eigenvalue weighted by molar-refractivity contribution is 0.291. The number of hydrogen-bond acceptors (Lipinski definition) is 5. The van der Waals surface area contributed by atoms with E-state index in [-0.39, 0.29) is 0 Å². The van der Waals surface area contributed by atoms with Crippen LogP contribution in [0.4, 0.5) is 0 Å². The van der Waals surface area contributed by atoms with Crippen LogP contribution in [0.3, 0.4) is 0 Å². The molecule has 18 heavy (non-hydrogen) atoms. The second-order valence-corrected chi connectivity index (χ2v) is 5.30. The fourth-order valence-corrected chi connectivity index (χ4v) is 1.87. The third-order valence-corrected chi connectivity index (χ3v) is 3.74. The van der Waals surface area contributed by atoms with Crippen molar-refractivity contribution in [3.05, 3.63) is 30.2 Å².